The quantitative estimate of drug-likeness (QED) is 0.194. The molecule has 0 bridgehead atoms. The summed E-state index contributed by atoms with van der Waals surface area (Å²) in [6.07, 6.45) is 3.30. The first-order chi connectivity index (χ1) is 15.0. The molecule has 0 atom stereocenters. The molecule has 0 aliphatic heterocycles. The molecule has 0 unspecified atom stereocenters. The molecule has 31 heavy (non-hydrogen) atoms. The largest absolute Gasteiger partial charge is 0.494 e. The number of ether oxygens (including phenoxy) is 3. The number of unbranched alkanes of at least 4 members (excludes halogenated alkanes) is 1. The number of nitrogens with one attached hydrogen (secondary N) is 1. The molecule has 1 amide bonds. The van der Waals surface area contributed by atoms with Gasteiger partial charge in [-0.2, -0.15) is 5.26 Å². The lowest BCUT2D eigenvalue weighted by atomic mass is 10.1. The second-order valence-electron chi connectivity index (χ2n) is 6.52. The molecule has 162 valence electrons. The number of esters is 1. The van der Waals surface area contributed by atoms with Crippen molar-refractivity contribution in [3.05, 3.63) is 59.7 Å². The van der Waals surface area contributed by atoms with Crippen molar-refractivity contribution in [1.82, 2.24) is 5.32 Å². The summed E-state index contributed by atoms with van der Waals surface area (Å²) in [6, 6.07) is 15.3. The Hall–Kier alpha value is -3.79. The van der Waals surface area contributed by atoms with Gasteiger partial charge in [0.1, 0.15) is 28.9 Å². The van der Waals surface area contributed by atoms with Gasteiger partial charge in [-0.25, -0.2) is 4.79 Å². The summed E-state index contributed by atoms with van der Waals surface area (Å²) in [7, 11) is 0. The molecule has 0 heterocycles. The molecule has 0 aromatic heterocycles. The molecule has 0 radical (unpaired) electrons. The van der Waals surface area contributed by atoms with Crippen LogP contribution in [0.5, 0.6) is 17.2 Å². The van der Waals surface area contributed by atoms with Gasteiger partial charge in [0.15, 0.2) is 6.61 Å². The summed E-state index contributed by atoms with van der Waals surface area (Å²) in [5.74, 6) is 0.637. The normalized spacial score (nSPS) is 10.7. The Kier molecular flexibility index (Phi) is 9.63. The SMILES string of the molecule is CCCCNC(=O)/C(C#N)=C/c1ccc(OC(=O)COc2ccc(OCC)cc2)cc1. The third-order valence-corrected chi connectivity index (χ3v) is 4.10. The highest BCUT2D eigenvalue weighted by atomic mass is 16.6. The van der Waals surface area contributed by atoms with Crippen LogP contribution in [0.1, 0.15) is 32.3 Å². The van der Waals surface area contributed by atoms with Crippen molar-refractivity contribution >= 4 is 18.0 Å². The molecule has 2 aromatic rings. The van der Waals surface area contributed by atoms with Crippen molar-refractivity contribution in [3.8, 4) is 23.3 Å². The third-order valence-electron chi connectivity index (χ3n) is 4.10. The number of amides is 1. The number of benzene rings is 2. The van der Waals surface area contributed by atoms with Gasteiger partial charge in [0, 0.05) is 6.54 Å². The van der Waals surface area contributed by atoms with Crippen LogP contribution in [-0.4, -0.2) is 31.6 Å². The van der Waals surface area contributed by atoms with Gasteiger partial charge in [-0.1, -0.05) is 25.5 Å². The molecule has 2 rings (SSSR count). The average molecular weight is 422 g/mol. The number of carbonyl (C=O) groups is 2. The molecule has 0 spiro atoms. The van der Waals surface area contributed by atoms with Crippen LogP contribution in [0.3, 0.4) is 0 Å². The third kappa shape index (κ3) is 8.23. The predicted octanol–water partition coefficient (Wildman–Crippen LogP) is 3.89. The zero-order chi connectivity index (χ0) is 22.5. The van der Waals surface area contributed by atoms with Gasteiger partial charge in [0.25, 0.3) is 5.91 Å². The molecule has 7 heteroatoms. The Labute approximate surface area is 182 Å². The van der Waals surface area contributed by atoms with E-state index in [0.29, 0.717) is 30.2 Å². The van der Waals surface area contributed by atoms with Gasteiger partial charge in [-0.3, -0.25) is 4.79 Å². The predicted molar refractivity (Wildman–Crippen MR) is 117 cm³/mol. The first-order valence-electron chi connectivity index (χ1n) is 10.1. The second kappa shape index (κ2) is 12.7. The standard InChI is InChI=1S/C24H26N2O5/c1-3-5-14-26-24(28)19(16-25)15-18-6-8-22(9-7-18)31-23(27)17-30-21-12-10-20(11-13-21)29-4-2/h6-13,15H,3-5,14,17H2,1-2H3,(H,26,28)/b19-15+. The molecule has 7 nitrogen and oxygen atoms in total. The number of hydrogen-bond donors (Lipinski definition) is 1. The summed E-state index contributed by atoms with van der Waals surface area (Å²) in [5, 5.41) is 11.9. The van der Waals surface area contributed by atoms with Gasteiger partial charge in [-0.15, -0.1) is 0 Å². The highest BCUT2D eigenvalue weighted by molar-refractivity contribution is 6.01. The Morgan fingerprint density at radius 2 is 1.58 bits per heavy atom. The maximum absolute atomic E-state index is 12.0. The average Bonchev–Trinajstić information content (AvgIpc) is 2.78. The van der Waals surface area contributed by atoms with Crippen LogP contribution >= 0.6 is 0 Å². The minimum absolute atomic E-state index is 0.0182. The minimum atomic E-state index is -0.551. The number of carbonyl (C=O) groups excluding carboxylic acids is 2. The zero-order valence-corrected chi connectivity index (χ0v) is 17.7. The number of nitrogens with zero attached hydrogens (tertiary/aromatic N) is 1. The fourth-order valence-electron chi connectivity index (χ4n) is 2.52. The van der Waals surface area contributed by atoms with Gasteiger partial charge >= 0.3 is 5.97 Å². The summed E-state index contributed by atoms with van der Waals surface area (Å²) in [4.78, 5) is 24.0. The van der Waals surface area contributed by atoms with Crippen molar-refractivity contribution in [2.45, 2.75) is 26.7 Å². The zero-order valence-electron chi connectivity index (χ0n) is 17.7. The molecule has 0 saturated heterocycles. The lowest BCUT2D eigenvalue weighted by molar-refractivity contribution is -0.136. The second-order valence-corrected chi connectivity index (χ2v) is 6.52. The van der Waals surface area contributed by atoms with Gasteiger partial charge in [-0.05, 0) is 61.4 Å². The molecule has 0 aliphatic carbocycles. The van der Waals surface area contributed by atoms with Gasteiger partial charge in [0.05, 0.1) is 6.61 Å². The van der Waals surface area contributed by atoms with E-state index in [9.17, 15) is 14.9 Å². The van der Waals surface area contributed by atoms with Crippen LogP contribution in [0.25, 0.3) is 6.08 Å². The number of hydrogen-bond acceptors (Lipinski definition) is 6. The van der Waals surface area contributed by atoms with E-state index in [2.05, 4.69) is 5.32 Å². The number of rotatable bonds is 11. The Balaban J connectivity index is 1.87. The molecular weight excluding hydrogens is 396 g/mol. The fourth-order valence-corrected chi connectivity index (χ4v) is 2.52. The van der Waals surface area contributed by atoms with Crippen molar-refractivity contribution in [3.63, 3.8) is 0 Å². The highest BCUT2D eigenvalue weighted by Gasteiger charge is 2.09. The Morgan fingerprint density at radius 3 is 2.16 bits per heavy atom. The lowest BCUT2D eigenvalue weighted by Gasteiger charge is -2.08. The van der Waals surface area contributed by atoms with Gasteiger partial charge < -0.3 is 19.5 Å². The maximum atomic E-state index is 12.0. The Morgan fingerprint density at radius 1 is 0.968 bits per heavy atom. The molecule has 0 saturated carbocycles. The van der Waals surface area contributed by atoms with Crippen LogP contribution in [0.15, 0.2) is 54.1 Å². The van der Waals surface area contributed by atoms with Crippen LogP contribution in [0, 0.1) is 11.3 Å². The molecular formula is C24H26N2O5. The van der Waals surface area contributed by atoms with Crippen molar-refractivity contribution < 1.29 is 23.8 Å². The van der Waals surface area contributed by atoms with Crippen molar-refractivity contribution in [1.29, 1.82) is 5.26 Å². The van der Waals surface area contributed by atoms with Gasteiger partial charge in [0.2, 0.25) is 0 Å². The van der Waals surface area contributed by atoms with Crippen LogP contribution in [-0.2, 0) is 9.59 Å². The smallest absolute Gasteiger partial charge is 0.349 e. The monoisotopic (exact) mass is 422 g/mol. The van der Waals surface area contributed by atoms with E-state index in [1.54, 1.807) is 48.5 Å². The van der Waals surface area contributed by atoms with E-state index in [-0.39, 0.29) is 12.2 Å². The van der Waals surface area contributed by atoms with Crippen LogP contribution in [0.2, 0.25) is 0 Å². The molecule has 2 aromatic carbocycles. The first-order valence-corrected chi connectivity index (χ1v) is 10.1. The summed E-state index contributed by atoms with van der Waals surface area (Å²) in [6.45, 7) is 4.78. The van der Waals surface area contributed by atoms with E-state index in [1.807, 2.05) is 19.9 Å². The summed E-state index contributed by atoms with van der Waals surface area (Å²) in [5.41, 5.74) is 0.664. The number of nitriles is 1. The fraction of sp³-hybridized carbons (Fsp3) is 0.292. The molecule has 1 N–H and O–H groups in total. The maximum Gasteiger partial charge on any atom is 0.349 e. The van der Waals surface area contributed by atoms with Crippen molar-refractivity contribution in [2.24, 2.45) is 0 Å². The first kappa shape index (κ1) is 23.5. The van der Waals surface area contributed by atoms with Crippen LogP contribution in [0.4, 0.5) is 0 Å². The van der Waals surface area contributed by atoms with E-state index >= 15 is 0 Å². The van der Waals surface area contributed by atoms with E-state index < -0.39 is 11.9 Å². The van der Waals surface area contributed by atoms with E-state index in [1.165, 1.54) is 6.08 Å². The molecule has 0 fully saturated rings. The van der Waals surface area contributed by atoms with Crippen LogP contribution < -0.4 is 19.5 Å². The topological polar surface area (TPSA) is 97.7 Å². The lowest BCUT2D eigenvalue weighted by Crippen LogP contribution is -2.25. The summed E-state index contributed by atoms with van der Waals surface area (Å²) < 4.78 is 16.0. The van der Waals surface area contributed by atoms with E-state index in [0.717, 1.165) is 18.6 Å². The highest BCUT2D eigenvalue weighted by Crippen LogP contribution is 2.18. The molecule has 0 aliphatic rings. The Bertz CT molecular complexity index is 928. The van der Waals surface area contributed by atoms with Crippen molar-refractivity contribution in [2.75, 3.05) is 19.8 Å². The minimum Gasteiger partial charge on any atom is -0.494 e. The van der Waals surface area contributed by atoms with E-state index in [4.69, 9.17) is 14.2 Å². The summed E-state index contributed by atoms with van der Waals surface area (Å²) >= 11 is 0.